The highest BCUT2D eigenvalue weighted by atomic mass is 16.4. The summed E-state index contributed by atoms with van der Waals surface area (Å²) in [5, 5.41) is 9.10. The predicted molar refractivity (Wildman–Crippen MR) is 84.4 cm³/mol. The zero-order valence-electron chi connectivity index (χ0n) is 13.4. The first-order valence-corrected chi connectivity index (χ1v) is 8.67. The SMILES string of the molecule is O=C(O)CC1(CC(=O)N2CCCC3(CC=CCC3)C2)CCC1. The average molecular weight is 305 g/mol. The minimum Gasteiger partial charge on any atom is -0.481 e. The summed E-state index contributed by atoms with van der Waals surface area (Å²) in [6.07, 6.45) is 13.7. The van der Waals surface area contributed by atoms with Crippen molar-refractivity contribution in [2.75, 3.05) is 13.1 Å². The fourth-order valence-electron chi connectivity index (χ4n) is 4.58. The third kappa shape index (κ3) is 3.21. The van der Waals surface area contributed by atoms with Crippen LogP contribution in [-0.4, -0.2) is 35.0 Å². The monoisotopic (exact) mass is 305 g/mol. The molecule has 2 aliphatic carbocycles. The second kappa shape index (κ2) is 6.05. The molecule has 1 spiro atoms. The molecular formula is C18H27NO3. The van der Waals surface area contributed by atoms with Crippen molar-refractivity contribution in [3.05, 3.63) is 12.2 Å². The lowest BCUT2D eigenvalue weighted by Crippen LogP contribution is -2.48. The second-order valence-corrected chi connectivity index (χ2v) is 7.73. The first-order valence-electron chi connectivity index (χ1n) is 8.67. The van der Waals surface area contributed by atoms with Gasteiger partial charge >= 0.3 is 5.97 Å². The molecule has 1 saturated carbocycles. The molecule has 4 nitrogen and oxygen atoms in total. The van der Waals surface area contributed by atoms with Gasteiger partial charge in [-0.2, -0.15) is 0 Å². The number of hydrogen-bond donors (Lipinski definition) is 1. The van der Waals surface area contributed by atoms with Gasteiger partial charge in [0.15, 0.2) is 0 Å². The van der Waals surface area contributed by atoms with Crippen molar-refractivity contribution >= 4 is 11.9 Å². The molecule has 122 valence electrons. The number of amides is 1. The topological polar surface area (TPSA) is 57.6 Å². The fourth-order valence-corrected chi connectivity index (χ4v) is 4.58. The molecule has 2 fully saturated rings. The summed E-state index contributed by atoms with van der Waals surface area (Å²) in [6, 6.07) is 0. The third-order valence-corrected chi connectivity index (χ3v) is 6.04. The van der Waals surface area contributed by atoms with Gasteiger partial charge in [0.1, 0.15) is 0 Å². The Morgan fingerprint density at radius 3 is 2.45 bits per heavy atom. The van der Waals surface area contributed by atoms with E-state index in [4.69, 9.17) is 5.11 Å². The summed E-state index contributed by atoms with van der Waals surface area (Å²) in [7, 11) is 0. The molecule has 1 amide bonds. The number of carbonyl (C=O) groups excluding carboxylic acids is 1. The Morgan fingerprint density at radius 2 is 1.86 bits per heavy atom. The van der Waals surface area contributed by atoms with E-state index < -0.39 is 5.97 Å². The van der Waals surface area contributed by atoms with Crippen LogP contribution in [0.3, 0.4) is 0 Å². The van der Waals surface area contributed by atoms with E-state index in [1.165, 1.54) is 12.8 Å². The standard InChI is InChI=1S/C18H27NO3/c20-15(12-18(8-4-9-18)13-16(21)22)19-11-5-10-17(14-19)6-2-1-3-7-17/h1-2H,3-14H2,(H,21,22). The van der Waals surface area contributed by atoms with Crippen LogP contribution in [0.25, 0.3) is 0 Å². The molecule has 22 heavy (non-hydrogen) atoms. The average Bonchev–Trinajstić information content (AvgIpc) is 2.45. The van der Waals surface area contributed by atoms with Crippen LogP contribution in [0.4, 0.5) is 0 Å². The smallest absolute Gasteiger partial charge is 0.303 e. The zero-order chi connectivity index (χ0) is 15.6. The van der Waals surface area contributed by atoms with Crippen LogP contribution in [0, 0.1) is 10.8 Å². The Kier molecular flexibility index (Phi) is 4.28. The molecule has 3 aliphatic rings. The van der Waals surface area contributed by atoms with Gasteiger partial charge in [0.05, 0.1) is 6.42 Å². The maximum Gasteiger partial charge on any atom is 0.303 e. The van der Waals surface area contributed by atoms with Crippen LogP contribution in [0.1, 0.15) is 64.2 Å². The molecule has 1 atom stereocenters. The summed E-state index contributed by atoms with van der Waals surface area (Å²) in [5.74, 6) is -0.574. The number of piperidine rings is 1. The maximum atomic E-state index is 12.7. The number of aliphatic carboxylic acids is 1. The molecular weight excluding hydrogens is 278 g/mol. The Bertz CT molecular complexity index is 481. The van der Waals surface area contributed by atoms with Gasteiger partial charge in [-0.05, 0) is 55.8 Å². The Hall–Kier alpha value is -1.32. The molecule has 1 heterocycles. The summed E-state index contributed by atoms with van der Waals surface area (Å²) < 4.78 is 0. The molecule has 3 rings (SSSR count). The molecule has 0 aromatic rings. The van der Waals surface area contributed by atoms with Gasteiger partial charge in [0.2, 0.25) is 5.91 Å². The Labute approximate surface area is 132 Å². The zero-order valence-corrected chi connectivity index (χ0v) is 13.4. The molecule has 1 N–H and O–H groups in total. The highest BCUT2D eigenvalue weighted by Gasteiger charge is 2.43. The molecule has 0 radical (unpaired) electrons. The number of rotatable bonds is 4. The van der Waals surface area contributed by atoms with Crippen molar-refractivity contribution in [2.45, 2.75) is 64.2 Å². The number of carbonyl (C=O) groups is 2. The van der Waals surface area contributed by atoms with Crippen molar-refractivity contribution < 1.29 is 14.7 Å². The molecule has 1 unspecified atom stereocenters. The number of carboxylic acids is 1. The van der Waals surface area contributed by atoms with E-state index in [9.17, 15) is 9.59 Å². The van der Waals surface area contributed by atoms with Crippen molar-refractivity contribution in [3.8, 4) is 0 Å². The van der Waals surface area contributed by atoms with Gasteiger partial charge in [0, 0.05) is 19.5 Å². The van der Waals surface area contributed by atoms with Crippen LogP contribution in [0.2, 0.25) is 0 Å². The second-order valence-electron chi connectivity index (χ2n) is 7.73. The molecule has 4 heteroatoms. The highest BCUT2D eigenvalue weighted by Crippen LogP contribution is 2.48. The minimum atomic E-state index is -0.764. The number of allylic oxidation sites excluding steroid dienone is 2. The minimum absolute atomic E-state index is 0.153. The molecule has 0 bridgehead atoms. The molecule has 0 aromatic carbocycles. The maximum absolute atomic E-state index is 12.7. The summed E-state index contributed by atoms with van der Waals surface area (Å²) in [4.78, 5) is 25.8. The largest absolute Gasteiger partial charge is 0.481 e. The van der Waals surface area contributed by atoms with Crippen molar-refractivity contribution in [1.29, 1.82) is 0 Å². The lowest BCUT2D eigenvalue weighted by molar-refractivity contribution is -0.145. The van der Waals surface area contributed by atoms with Gasteiger partial charge < -0.3 is 10.0 Å². The van der Waals surface area contributed by atoms with E-state index in [-0.39, 0.29) is 17.7 Å². The van der Waals surface area contributed by atoms with Crippen molar-refractivity contribution in [2.24, 2.45) is 10.8 Å². The van der Waals surface area contributed by atoms with Crippen LogP contribution in [0.15, 0.2) is 12.2 Å². The van der Waals surface area contributed by atoms with Gasteiger partial charge in [-0.15, -0.1) is 0 Å². The van der Waals surface area contributed by atoms with E-state index in [1.807, 2.05) is 4.90 Å². The quantitative estimate of drug-likeness (QED) is 0.810. The fraction of sp³-hybridized carbons (Fsp3) is 0.778. The number of nitrogens with zero attached hydrogens (tertiary/aromatic N) is 1. The van der Waals surface area contributed by atoms with Gasteiger partial charge in [0.25, 0.3) is 0 Å². The Balaban J connectivity index is 1.62. The molecule has 1 aliphatic heterocycles. The van der Waals surface area contributed by atoms with Gasteiger partial charge in [-0.1, -0.05) is 18.6 Å². The third-order valence-electron chi connectivity index (χ3n) is 6.04. The number of hydrogen-bond acceptors (Lipinski definition) is 2. The van der Waals surface area contributed by atoms with Crippen LogP contribution in [-0.2, 0) is 9.59 Å². The van der Waals surface area contributed by atoms with E-state index in [2.05, 4.69) is 12.2 Å². The van der Waals surface area contributed by atoms with Crippen LogP contribution < -0.4 is 0 Å². The van der Waals surface area contributed by atoms with E-state index >= 15 is 0 Å². The van der Waals surface area contributed by atoms with E-state index in [0.717, 1.165) is 51.6 Å². The van der Waals surface area contributed by atoms with Crippen molar-refractivity contribution in [3.63, 3.8) is 0 Å². The lowest BCUT2D eigenvalue weighted by atomic mass is 9.64. The highest BCUT2D eigenvalue weighted by molar-refractivity contribution is 5.78. The summed E-state index contributed by atoms with van der Waals surface area (Å²) >= 11 is 0. The van der Waals surface area contributed by atoms with E-state index in [1.54, 1.807) is 0 Å². The molecule has 0 aromatic heterocycles. The van der Waals surface area contributed by atoms with Crippen LogP contribution in [0.5, 0.6) is 0 Å². The number of likely N-dealkylation sites (tertiary alicyclic amines) is 1. The summed E-state index contributed by atoms with van der Waals surface area (Å²) in [5.41, 5.74) is 0.0439. The normalized spacial score (nSPS) is 30.1. The lowest BCUT2D eigenvalue weighted by Gasteiger charge is -2.46. The number of carboxylic acid groups (broad SMARTS) is 1. The Morgan fingerprint density at radius 1 is 1.05 bits per heavy atom. The first-order chi connectivity index (χ1) is 10.5. The molecule has 1 saturated heterocycles. The summed E-state index contributed by atoms with van der Waals surface area (Å²) in [6.45, 7) is 1.73. The van der Waals surface area contributed by atoms with Crippen LogP contribution >= 0.6 is 0 Å². The predicted octanol–water partition coefficient (Wildman–Crippen LogP) is 3.37. The van der Waals surface area contributed by atoms with Crippen molar-refractivity contribution in [1.82, 2.24) is 4.90 Å². The van der Waals surface area contributed by atoms with E-state index in [0.29, 0.717) is 11.8 Å². The van der Waals surface area contributed by atoms with Gasteiger partial charge in [-0.3, -0.25) is 9.59 Å². The first kappa shape index (κ1) is 15.6. The van der Waals surface area contributed by atoms with Gasteiger partial charge in [-0.25, -0.2) is 0 Å².